The highest BCUT2D eigenvalue weighted by atomic mass is 35.5. The fourth-order valence-corrected chi connectivity index (χ4v) is 1.52. The van der Waals surface area contributed by atoms with Crippen LogP contribution in [0.25, 0.3) is 0 Å². The van der Waals surface area contributed by atoms with Gasteiger partial charge in [0.15, 0.2) is 0 Å². The summed E-state index contributed by atoms with van der Waals surface area (Å²) in [5.74, 6) is -0.308. The van der Waals surface area contributed by atoms with Crippen LogP contribution < -0.4 is 0 Å². The van der Waals surface area contributed by atoms with Gasteiger partial charge in [-0.3, -0.25) is 4.79 Å². The first kappa shape index (κ1) is 13.8. The molecule has 0 aromatic heterocycles. The number of hydrogen-bond acceptors (Lipinski definition) is 2. The lowest BCUT2D eigenvalue weighted by molar-refractivity contribution is -0.134. The lowest BCUT2D eigenvalue weighted by Crippen LogP contribution is -1.95. The van der Waals surface area contributed by atoms with Gasteiger partial charge in [-0.1, -0.05) is 51.9 Å². The fraction of sp³-hybridized carbons (Fsp3) is 0.909. The van der Waals surface area contributed by atoms with Crippen LogP contribution in [-0.2, 0) is 9.08 Å². The molecule has 0 aliphatic rings. The van der Waals surface area contributed by atoms with Gasteiger partial charge in [-0.05, 0) is 6.42 Å². The van der Waals surface area contributed by atoms with Crippen LogP contribution in [0.3, 0.4) is 0 Å². The lowest BCUT2D eigenvalue weighted by atomic mass is 10.1. The van der Waals surface area contributed by atoms with Crippen LogP contribution >= 0.6 is 11.9 Å². The summed E-state index contributed by atoms with van der Waals surface area (Å²) in [6.07, 6.45) is 10.3. The van der Waals surface area contributed by atoms with Crippen molar-refractivity contribution in [3.63, 3.8) is 0 Å². The van der Waals surface area contributed by atoms with Crippen molar-refractivity contribution in [2.75, 3.05) is 0 Å². The molecule has 0 aromatic rings. The topological polar surface area (TPSA) is 26.3 Å². The number of carbonyl (C=O) groups excluding carboxylic acids is 1. The second-order valence-electron chi connectivity index (χ2n) is 3.67. The smallest absolute Gasteiger partial charge is 0.324 e. The molecule has 0 heterocycles. The first-order chi connectivity index (χ1) is 6.81. The third kappa shape index (κ3) is 9.85. The summed E-state index contributed by atoms with van der Waals surface area (Å²) >= 11 is 4.90. The van der Waals surface area contributed by atoms with Gasteiger partial charge in [-0.2, -0.15) is 0 Å². The van der Waals surface area contributed by atoms with E-state index in [1.54, 1.807) is 0 Å². The molecule has 3 heteroatoms. The maximum atomic E-state index is 10.6. The van der Waals surface area contributed by atoms with Crippen molar-refractivity contribution < 1.29 is 9.08 Å². The summed E-state index contributed by atoms with van der Waals surface area (Å²) in [4.78, 5) is 10.6. The Bertz CT molecular complexity index is 137. The third-order valence-corrected chi connectivity index (χ3v) is 2.49. The van der Waals surface area contributed by atoms with Gasteiger partial charge < -0.3 is 4.29 Å². The second-order valence-corrected chi connectivity index (χ2v) is 3.83. The van der Waals surface area contributed by atoms with E-state index >= 15 is 0 Å². The first-order valence-electron chi connectivity index (χ1n) is 5.62. The molecule has 0 fully saturated rings. The van der Waals surface area contributed by atoms with Crippen molar-refractivity contribution in [2.24, 2.45) is 0 Å². The predicted molar refractivity (Wildman–Crippen MR) is 59.2 cm³/mol. The molecule has 0 unspecified atom stereocenters. The van der Waals surface area contributed by atoms with E-state index in [0.29, 0.717) is 6.42 Å². The maximum absolute atomic E-state index is 10.6. The van der Waals surface area contributed by atoms with Crippen LogP contribution in [0, 0.1) is 0 Å². The summed E-state index contributed by atoms with van der Waals surface area (Å²) < 4.78 is 4.04. The number of carbonyl (C=O) groups is 1. The number of halogens is 1. The molecule has 0 aliphatic heterocycles. The second kappa shape index (κ2) is 10.8. The van der Waals surface area contributed by atoms with E-state index in [4.69, 9.17) is 11.9 Å². The van der Waals surface area contributed by atoms with Crippen LogP contribution in [0.4, 0.5) is 0 Å². The van der Waals surface area contributed by atoms with Crippen molar-refractivity contribution in [1.82, 2.24) is 0 Å². The van der Waals surface area contributed by atoms with Crippen LogP contribution in [0.5, 0.6) is 0 Å². The van der Waals surface area contributed by atoms with E-state index < -0.39 is 0 Å². The van der Waals surface area contributed by atoms with Gasteiger partial charge in [0.2, 0.25) is 0 Å². The molecular weight excluding hydrogens is 200 g/mol. The van der Waals surface area contributed by atoms with E-state index in [1.165, 1.54) is 38.5 Å². The SMILES string of the molecule is CCCCCCCCCCC(=O)OCl. The Balaban J connectivity index is 2.95. The van der Waals surface area contributed by atoms with Crippen molar-refractivity contribution in [2.45, 2.75) is 64.7 Å². The van der Waals surface area contributed by atoms with Gasteiger partial charge in [-0.15, -0.1) is 0 Å². The summed E-state index contributed by atoms with van der Waals surface area (Å²) in [6, 6.07) is 0. The highest BCUT2D eigenvalue weighted by molar-refractivity contribution is 6.13. The minimum absolute atomic E-state index is 0.308. The molecule has 0 aliphatic carbocycles. The molecule has 0 radical (unpaired) electrons. The van der Waals surface area contributed by atoms with E-state index in [-0.39, 0.29) is 5.97 Å². The predicted octanol–water partition coefficient (Wildman–Crippen LogP) is 4.21. The Morgan fingerprint density at radius 3 is 2.00 bits per heavy atom. The molecule has 0 N–H and O–H groups in total. The first-order valence-corrected chi connectivity index (χ1v) is 5.93. The molecule has 0 saturated heterocycles. The largest absolute Gasteiger partial charge is 0.348 e. The molecule has 0 amide bonds. The molecule has 0 bridgehead atoms. The van der Waals surface area contributed by atoms with Crippen LogP contribution in [0.1, 0.15) is 64.7 Å². The Kier molecular flexibility index (Phi) is 10.7. The molecule has 0 atom stereocenters. The summed E-state index contributed by atoms with van der Waals surface area (Å²) in [7, 11) is 0. The van der Waals surface area contributed by atoms with E-state index in [9.17, 15) is 4.79 Å². The molecule has 14 heavy (non-hydrogen) atoms. The minimum Gasteiger partial charge on any atom is -0.348 e. The Morgan fingerprint density at radius 2 is 1.50 bits per heavy atom. The summed E-state index contributed by atoms with van der Waals surface area (Å²) in [6.45, 7) is 2.22. The lowest BCUT2D eigenvalue weighted by Gasteiger charge is -2.00. The quantitative estimate of drug-likeness (QED) is 0.544. The van der Waals surface area contributed by atoms with Gasteiger partial charge in [0, 0.05) is 6.42 Å². The molecule has 2 nitrogen and oxygen atoms in total. The molecule has 0 saturated carbocycles. The molecule has 0 rings (SSSR count). The van der Waals surface area contributed by atoms with Gasteiger partial charge >= 0.3 is 5.97 Å². The Hall–Kier alpha value is -0.240. The Morgan fingerprint density at radius 1 is 1.00 bits per heavy atom. The van der Waals surface area contributed by atoms with Crippen molar-refractivity contribution in [3.8, 4) is 0 Å². The average molecular weight is 221 g/mol. The van der Waals surface area contributed by atoms with Gasteiger partial charge in [0.1, 0.15) is 11.9 Å². The average Bonchev–Trinajstić information content (AvgIpc) is 2.21. The van der Waals surface area contributed by atoms with Crippen LogP contribution in [0.15, 0.2) is 0 Å². The minimum atomic E-state index is -0.308. The molecule has 0 aromatic carbocycles. The highest BCUT2D eigenvalue weighted by Gasteiger charge is 2.00. The van der Waals surface area contributed by atoms with Crippen molar-refractivity contribution in [3.05, 3.63) is 0 Å². The summed E-state index contributed by atoms with van der Waals surface area (Å²) in [5, 5.41) is 0. The highest BCUT2D eigenvalue weighted by Crippen LogP contribution is 2.09. The molecular formula is C11H21ClO2. The van der Waals surface area contributed by atoms with Gasteiger partial charge in [0.05, 0.1) is 0 Å². The zero-order valence-corrected chi connectivity index (χ0v) is 9.81. The number of rotatable bonds is 9. The normalized spacial score (nSPS) is 10.1. The van der Waals surface area contributed by atoms with Crippen molar-refractivity contribution >= 4 is 17.8 Å². The molecule has 84 valence electrons. The standard InChI is InChI=1S/C11H21ClO2/c1-2-3-4-5-6-7-8-9-10-11(13)14-12/h2-10H2,1H3. The van der Waals surface area contributed by atoms with Crippen LogP contribution in [0.2, 0.25) is 0 Å². The van der Waals surface area contributed by atoms with E-state index in [0.717, 1.165) is 12.8 Å². The van der Waals surface area contributed by atoms with Gasteiger partial charge in [-0.25, -0.2) is 0 Å². The number of unbranched alkanes of at least 4 members (excludes halogenated alkanes) is 7. The maximum Gasteiger partial charge on any atom is 0.324 e. The van der Waals surface area contributed by atoms with Crippen LogP contribution in [-0.4, -0.2) is 5.97 Å². The monoisotopic (exact) mass is 220 g/mol. The van der Waals surface area contributed by atoms with E-state index in [1.807, 2.05) is 0 Å². The summed E-state index contributed by atoms with van der Waals surface area (Å²) in [5.41, 5.74) is 0. The fourth-order valence-electron chi connectivity index (χ4n) is 1.44. The van der Waals surface area contributed by atoms with E-state index in [2.05, 4.69) is 11.2 Å². The Labute approximate surface area is 92.1 Å². The molecule has 0 spiro atoms. The third-order valence-electron chi connectivity index (χ3n) is 2.32. The van der Waals surface area contributed by atoms with Crippen molar-refractivity contribution in [1.29, 1.82) is 0 Å². The number of hydrogen-bond donors (Lipinski definition) is 0. The van der Waals surface area contributed by atoms with Gasteiger partial charge in [0.25, 0.3) is 0 Å². The zero-order valence-electron chi connectivity index (χ0n) is 9.06. The zero-order chi connectivity index (χ0) is 10.6.